The molecule has 0 heterocycles. The van der Waals surface area contributed by atoms with Crippen LogP contribution in [0.15, 0.2) is 24.3 Å². The molecule has 7 heteroatoms. The number of benzene rings is 1. The van der Waals surface area contributed by atoms with Gasteiger partial charge in [-0.3, -0.25) is 4.79 Å². The molecule has 0 aromatic heterocycles. The highest BCUT2D eigenvalue weighted by Gasteiger charge is 2.17. The van der Waals surface area contributed by atoms with E-state index in [0.717, 1.165) is 5.56 Å². The van der Waals surface area contributed by atoms with Crippen LogP contribution < -0.4 is 5.32 Å². The second-order valence-electron chi connectivity index (χ2n) is 5.49. The van der Waals surface area contributed by atoms with Crippen LogP contribution in [0.3, 0.4) is 0 Å². The van der Waals surface area contributed by atoms with Crippen molar-refractivity contribution in [1.29, 1.82) is 0 Å². The summed E-state index contributed by atoms with van der Waals surface area (Å²) in [6.07, 6.45) is 1.75. The summed E-state index contributed by atoms with van der Waals surface area (Å²) in [5.41, 5.74) is 0.979. The zero-order valence-corrected chi connectivity index (χ0v) is 14.7. The number of sulfonamides is 1. The quantitative estimate of drug-likeness (QED) is 0.782. The van der Waals surface area contributed by atoms with Crippen molar-refractivity contribution in [1.82, 2.24) is 9.62 Å². The van der Waals surface area contributed by atoms with Gasteiger partial charge in [-0.2, -0.15) is 0 Å². The number of nitrogens with one attached hydrogen (secondary N) is 1. The Hall–Kier alpha value is -1.11. The predicted octanol–water partition coefficient (Wildman–Crippen LogP) is 1.92. The number of hydrogen-bond donors (Lipinski definition) is 1. The summed E-state index contributed by atoms with van der Waals surface area (Å²) in [5, 5.41) is 3.36. The monoisotopic (exact) mass is 346 g/mol. The Kier molecular flexibility index (Phi) is 7.32. The van der Waals surface area contributed by atoms with Crippen LogP contribution in [0.2, 0.25) is 5.02 Å². The second kappa shape index (κ2) is 8.50. The van der Waals surface area contributed by atoms with Gasteiger partial charge in [-0.25, -0.2) is 12.7 Å². The van der Waals surface area contributed by atoms with Crippen LogP contribution >= 0.6 is 11.6 Å². The van der Waals surface area contributed by atoms with Gasteiger partial charge in [0.15, 0.2) is 0 Å². The SMILES string of the molecule is CC(C)C(=O)NCCN(CCc1cccc(Cl)c1)S(C)(=O)=O. The van der Waals surface area contributed by atoms with E-state index in [-0.39, 0.29) is 18.4 Å². The molecule has 0 saturated carbocycles. The van der Waals surface area contributed by atoms with Gasteiger partial charge in [-0.15, -0.1) is 0 Å². The first-order chi connectivity index (χ1) is 10.2. The standard InChI is InChI=1S/C15H23ClN2O3S/c1-12(2)15(19)17-8-10-18(22(3,20)21)9-7-13-5-4-6-14(16)11-13/h4-6,11-12H,7-10H2,1-3H3,(H,17,19). The molecule has 1 amide bonds. The molecule has 0 radical (unpaired) electrons. The molecular formula is C15H23ClN2O3S. The molecule has 0 atom stereocenters. The Morgan fingerprint density at radius 3 is 2.55 bits per heavy atom. The Balaban J connectivity index is 2.57. The predicted molar refractivity (Wildman–Crippen MR) is 89.4 cm³/mol. The van der Waals surface area contributed by atoms with Crippen molar-refractivity contribution in [2.24, 2.45) is 5.92 Å². The Morgan fingerprint density at radius 2 is 2.00 bits per heavy atom. The van der Waals surface area contributed by atoms with E-state index in [0.29, 0.717) is 24.5 Å². The summed E-state index contributed by atoms with van der Waals surface area (Å²) >= 11 is 5.92. The van der Waals surface area contributed by atoms with Crippen molar-refractivity contribution in [3.63, 3.8) is 0 Å². The number of carbonyl (C=O) groups excluding carboxylic acids is 1. The van der Waals surface area contributed by atoms with Gasteiger partial charge in [0.1, 0.15) is 0 Å². The van der Waals surface area contributed by atoms with Crippen molar-refractivity contribution in [2.45, 2.75) is 20.3 Å². The molecule has 1 aromatic rings. The molecule has 0 aliphatic rings. The van der Waals surface area contributed by atoms with E-state index in [1.807, 2.05) is 18.2 Å². The smallest absolute Gasteiger partial charge is 0.222 e. The first-order valence-corrected chi connectivity index (χ1v) is 9.40. The lowest BCUT2D eigenvalue weighted by molar-refractivity contribution is -0.123. The molecule has 0 spiro atoms. The van der Waals surface area contributed by atoms with Crippen LogP contribution in [0.25, 0.3) is 0 Å². The molecule has 5 nitrogen and oxygen atoms in total. The number of hydrogen-bond acceptors (Lipinski definition) is 3. The molecular weight excluding hydrogens is 324 g/mol. The number of nitrogens with zero attached hydrogens (tertiary/aromatic N) is 1. The van der Waals surface area contributed by atoms with Crippen molar-refractivity contribution in [3.05, 3.63) is 34.9 Å². The van der Waals surface area contributed by atoms with Gasteiger partial charge in [0.25, 0.3) is 0 Å². The van der Waals surface area contributed by atoms with E-state index in [4.69, 9.17) is 11.6 Å². The zero-order valence-electron chi connectivity index (χ0n) is 13.2. The second-order valence-corrected chi connectivity index (χ2v) is 7.91. The van der Waals surface area contributed by atoms with Crippen LogP contribution in [-0.2, 0) is 21.2 Å². The lowest BCUT2D eigenvalue weighted by atomic mass is 10.1. The summed E-state index contributed by atoms with van der Waals surface area (Å²) in [4.78, 5) is 11.5. The number of halogens is 1. The molecule has 0 unspecified atom stereocenters. The molecule has 0 saturated heterocycles. The van der Waals surface area contributed by atoms with Crippen molar-refractivity contribution < 1.29 is 13.2 Å². The van der Waals surface area contributed by atoms with Gasteiger partial charge in [-0.05, 0) is 24.1 Å². The largest absolute Gasteiger partial charge is 0.355 e. The molecule has 22 heavy (non-hydrogen) atoms. The van der Waals surface area contributed by atoms with Gasteiger partial charge < -0.3 is 5.32 Å². The summed E-state index contributed by atoms with van der Waals surface area (Å²) < 4.78 is 25.0. The van der Waals surface area contributed by atoms with E-state index in [1.54, 1.807) is 19.9 Å². The molecule has 0 fully saturated rings. The van der Waals surface area contributed by atoms with Crippen molar-refractivity contribution in [3.8, 4) is 0 Å². The normalized spacial score (nSPS) is 11.9. The molecule has 124 valence electrons. The van der Waals surface area contributed by atoms with Crippen LogP contribution in [0.5, 0.6) is 0 Å². The molecule has 0 bridgehead atoms. The topological polar surface area (TPSA) is 66.5 Å². The van der Waals surface area contributed by atoms with Crippen LogP contribution in [-0.4, -0.2) is 44.5 Å². The Labute approximate surface area is 137 Å². The van der Waals surface area contributed by atoms with Crippen LogP contribution in [0.4, 0.5) is 0 Å². The fourth-order valence-corrected chi connectivity index (χ4v) is 2.96. The van der Waals surface area contributed by atoms with E-state index in [1.165, 1.54) is 10.6 Å². The van der Waals surface area contributed by atoms with E-state index >= 15 is 0 Å². The third kappa shape index (κ3) is 6.77. The lowest BCUT2D eigenvalue weighted by Gasteiger charge is -2.20. The molecule has 1 N–H and O–H groups in total. The molecule has 0 aliphatic carbocycles. The lowest BCUT2D eigenvalue weighted by Crippen LogP contribution is -2.40. The van der Waals surface area contributed by atoms with Crippen molar-refractivity contribution in [2.75, 3.05) is 25.9 Å². The van der Waals surface area contributed by atoms with E-state index < -0.39 is 10.0 Å². The fourth-order valence-electron chi connectivity index (χ4n) is 1.90. The van der Waals surface area contributed by atoms with Gasteiger partial charge in [0, 0.05) is 30.6 Å². The fraction of sp³-hybridized carbons (Fsp3) is 0.533. The van der Waals surface area contributed by atoms with E-state index in [2.05, 4.69) is 5.32 Å². The average Bonchev–Trinajstić information content (AvgIpc) is 2.40. The van der Waals surface area contributed by atoms with Gasteiger partial charge in [0.2, 0.25) is 15.9 Å². The first kappa shape index (κ1) is 18.9. The highest BCUT2D eigenvalue weighted by molar-refractivity contribution is 7.88. The summed E-state index contributed by atoms with van der Waals surface area (Å²) in [5.74, 6) is -0.193. The summed E-state index contributed by atoms with van der Waals surface area (Å²) in [6, 6.07) is 7.35. The summed E-state index contributed by atoms with van der Waals surface area (Å²) in [6.45, 7) is 4.51. The van der Waals surface area contributed by atoms with Crippen LogP contribution in [0, 0.1) is 5.92 Å². The minimum Gasteiger partial charge on any atom is -0.355 e. The van der Waals surface area contributed by atoms with Gasteiger partial charge >= 0.3 is 0 Å². The maximum atomic E-state index is 11.8. The molecule has 1 aromatic carbocycles. The Morgan fingerprint density at radius 1 is 1.32 bits per heavy atom. The summed E-state index contributed by atoms with van der Waals surface area (Å²) in [7, 11) is -3.31. The minimum absolute atomic E-state index is 0.0803. The maximum Gasteiger partial charge on any atom is 0.222 e. The zero-order chi connectivity index (χ0) is 16.8. The third-order valence-electron chi connectivity index (χ3n) is 3.19. The number of amides is 1. The third-order valence-corrected chi connectivity index (χ3v) is 4.73. The first-order valence-electron chi connectivity index (χ1n) is 7.17. The number of carbonyl (C=O) groups is 1. The highest BCUT2D eigenvalue weighted by atomic mass is 35.5. The minimum atomic E-state index is -3.31. The molecule has 1 rings (SSSR count). The van der Waals surface area contributed by atoms with Crippen molar-refractivity contribution >= 4 is 27.5 Å². The molecule has 0 aliphatic heterocycles. The van der Waals surface area contributed by atoms with Gasteiger partial charge in [-0.1, -0.05) is 37.6 Å². The number of rotatable bonds is 8. The highest BCUT2D eigenvalue weighted by Crippen LogP contribution is 2.12. The van der Waals surface area contributed by atoms with Crippen LogP contribution in [0.1, 0.15) is 19.4 Å². The average molecular weight is 347 g/mol. The van der Waals surface area contributed by atoms with E-state index in [9.17, 15) is 13.2 Å². The van der Waals surface area contributed by atoms with Gasteiger partial charge in [0.05, 0.1) is 6.26 Å². The maximum absolute atomic E-state index is 11.8. The Bertz CT molecular complexity index is 603.